The molecule has 0 spiro atoms. The van der Waals surface area contributed by atoms with Crippen LogP contribution in [0.2, 0.25) is 0 Å². The van der Waals surface area contributed by atoms with E-state index in [0.717, 1.165) is 25.5 Å². The predicted molar refractivity (Wildman–Crippen MR) is 68.7 cm³/mol. The van der Waals surface area contributed by atoms with Gasteiger partial charge in [0.15, 0.2) is 0 Å². The number of hydrogen-bond acceptors (Lipinski definition) is 3. The van der Waals surface area contributed by atoms with E-state index >= 15 is 0 Å². The van der Waals surface area contributed by atoms with Gasteiger partial charge in [0.05, 0.1) is 0 Å². The zero-order valence-electron chi connectivity index (χ0n) is 11.4. The fourth-order valence-corrected chi connectivity index (χ4v) is 2.57. The van der Waals surface area contributed by atoms with E-state index in [2.05, 4.69) is 24.1 Å². The first kappa shape index (κ1) is 13.9. The lowest BCUT2D eigenvalue weighted by molar-refractivity contribution is 0.124. The molecule has 1 fully saturated rings. The molecular formula is C13H28N2O. The SMILES string of the molecule is CNCC1CCN(CC(C)(C)CCOC)C1. The van der Waals surface area contributed by atoms with Gasteiger partial charge in [-0.05, 0) is 44.3 Å². The second kappa shape index (κ2) is 6.58. The van der Waals surface area contributed by atoms with Crippen molar-refractivity contribution in [1.29, 1.82) is 0 Å². The highest BCUT2D eigenvalue weighted by atomic mass is 16.5. The molecular weight excluding hydrogens is 200 g/mol. The lowest BCUT2D eigenvalue weighted by Gasteiger charge is -2.30. The number of rotatable bonds is 7. The third kappa shape index (κ3) is 4.81. The van der Waals surface area contributed by atoms with Gasteiger partial charge in [-0.2, -0.15) is 0 Å². The molecule has 1 aliphatic heterocycles. The Morgan fingerprint density at radius 2 is 2.19 bits per heavy atom. The molecule has 16 heavy (non-hydrogen) atoms. The van der Waals surface area contributed by atoms with Gasteiger partial charge >= 0.3 is 0 Å². The second-order valence-electron chi connectivity index (χ2n) is 5.85. The van der Waals surface area contributed by atoms with Crippen molar-refractivity contribution < 1.29 is 4.74 Å². The molecule has 1 saturated heterocycles. The van der Waals surface area contributed by atoms with Crippen LogP contribution in [-0.2, 0) is 4.74 Å². The molecule has 0 saturated carbocycles. The average molecular weight is 228 g/mol. The van der Waals surface area contributed by atoms with Gasteiger partial charge in [0, 0.05) is 26.8 Å². The summed E-state index contributed by atoms with van der Waals surface area (Å²) in [7, 11) is 3.83. The Hall–Kier alpha value is -0.120. The Bertz CT molecular complexity index is 194. The third-order valence-electron chi connectivity index (χ3n) is 3.50. The Kier molecular flexibility index (Phi) is 5.73. The Balaban J connectivity index is 2.26. The molecule has 0 radical (unpaired) electrons. The van der Waals surface area contributed by atoms with E-state index in [1.165, 1.54) is 26.1 Å². The predicted octanol–water partition coefficient (Wildman–Crippen LogP) is 1.59. The van der Waals surface area contributed by atoms with Crippen LogP contribution in [0.4, 0.5) is 0 Å². The Morgan fingerprint density at radius 1 is 1.44 bits per heavy atom. The fraction of sp³-hybridized carbons (Fsp3) is 1.00. The molecule has 0 aromatic carbocycles. The second-order valence-corrected chi connectivity index (χ2v) is 5.85. The molecule has 96 valence electrons. The number of likely N-dealkylation sites (tertiary alicyclic amines) is 1. The lowest BCUT2D eigenvalue weighted by atomic mass is 9.89. The van der Waals surface area contributed by atoms with Crippen LogP contribution < -0.4 is 5.32 Å². The molecule has 0 bridgehead atoms. The summed E-state index contributed by atoms with van der Waals surface area (Å²) in [6, 6.07) is 0. The molecule has 1 heterocycles. The lowest BCUT2D eigenvalue weighted by Crippen LogP contribution is -2.34. The third-order valence-corrected chi connectivity index (χ3v) is 3.50. The molecule has 0 aromatic heterocycles. The Labute approximate surface area is 101 Å². The van der Waals surface area contributed by atoms with Crippen molar-refractivity contribution in [3.8, 4) is 0 Å². The van der Waals surface area contributed by atoms with E-state index in [9.17, 15) is 0 Å². The average Bonchev–Trinajstić information content (AvgIpc) is 2.62. The van der Waals surface area contributed by atoms with Crippen LogP contribution in [0, 0.1) is 11.3 Å². The normalized spacial score (nSPS) is 22.9. The van der Waals surface area contributed by atoms with E-state index in [4.69, 9.17) is 4.74 Å². The van der Waals surface area contributed by atoms with E-state index in [-0.39, 0.29) is 0 Å². The van der Waals surface area contributed by atoms with Gasteiger partial charge < -0.3 is 15.0 Å². The van der Waals surface area contributed by atoms with Gasteiger partial charge in [-0.3, -0.25) is 0 Å². The standard InChI is InChI=1S/C13H28N2O/c1-13(2,6-8-16-4)11-15-7-5-12(10-15)9-14-3/h12,14H,5-11H2,1-4H3. The van der Waals surface area contributed by atoms with Gasteiger partial charge in [-0.1, -0.05) is 13.8 Å². The van der Waals surface area contributed by atoms with Gasteiger partial charge in [0.1, 0.15) is 0 Å². The monoisotopic (exact) mass is 228 g/mol. The maximum Gasteiger partial charge on any atom is 0.0467 e. The van der Waals surface area contributed by atoms with Crippen molar-refractivity contribution >= 4 is 0 Å². The van der Waals surface area contributed by atoms with E-state index in [1.54, 1.807) is 7.11 Å². The quantitative estimate of drug-likeness (QED) is 0.716. The molecule has 1 aliphatic rings. The number of nitrogens with zero attached hydrogens (tertiary/aromatic N) is 1. The molecule has 1 N–H and O–H groups in total. The molecule has 0 aromatic rings. The Morgan fingerprint density at radius 3 is 2.81 bits per heavy atom. The minimum atomic E-state index is 0.380. The summed E-state index contributed by atoms with van der Waals surface area (Å²) in [5.41, 5.74) is 0.380. The van der Waals surface area contributed by atoms with Crippen molar-refractivity contribution in [2.24, 2.45) is 11.3 Å². The van der Waals surface area contributed by atoms with Crippen molar-refractivity contribution in [2.45, 2.75) is 26.7 Å². The van der Waals surface area contributed by atoms with Crippen LogP contribution in [0.1, 0.15) is 26.7 Å². The van der Waals surface area contributed by atoms with Crippen LogP contribution in [0.3, 0.4) is 0 Å². The summed E-state index contributed by atoms with van der Waals surface area (Å²) < 4.78 is 5.17. The first-order valence-electron chi connectivity index (χ1n) is 6.43. The minimum Gasteiger partial charge on any atom is -0.385 e. The molecule has 0 aliphatic carbocycles. The van der Waals surface area contributed by atoms with Crippen molar-refractivity contribution in [3.05, 3.63) is 0 Å². The van der Waals surface area contributed by atoms with Crippen LogP contribution in [0.5, 0.6) is 0 Å². The zero-order chi connectivity index (χ0) is 12.0. The summed E-state index contributed by atoms with van der Waals surface area (Å²) in [5.74, 6) is 0.850. The molecule has 0 amide bonds. The van der Waals surface area contributed by atoms with Crippen molar-refractivity contribution in [1.82, 2.24) is 10.2 Å². The number of hydrogen-bond donors (Lipinski definition) is 1. The summed E-state index contributed by atoms with van der Waals surface area (Å²) >= 11 is 0. The van der Waals surface area contributed by atoms with Crippen LogP contribution in [-0.4, -0.2) is 51.8 Å². The van der Waals surface area contributed by atoms with Gasteiger partial charge in [0.25, 0.3) is 0 Å². The summed E-state index contributed by atoms with van der Waals surface area (Å²) in [4.78, 5) is 2.61. The summed E-state index contributed by atoms with van der Waals surface area (Å²) in [6.07, 6.45) is 2.50. The van der Waals surface area contributed by atoms with Crippen LogP contribution >= 0.6 is 0 Å². The number of nitrogens with one attached hydrogen (secondary N) is 1. The minimum absolute atomic E-state index is 0.380. The van der Waals surface area contributed by atoms with Crippen LogP contribution in [0.15, 0.2) is 0 Å². The van der Waals surface area contributed by atoms with Crippen molar-refractivity contribution in [2.75, 3.05) is 46.9 Å². The summed E-state index contributed by atoms with van der Waals surface area (Å²) in [6.45, 7) is 10.5. The largest absolute Gasteiger partial charge is 0.385 e. The highest BCUT2D eigenvalue weighted by Gasteiger charge is 2.27. The van der Waals surface area contributed by atoms with Crippen LogP contribution in [0.25, 0.3) is 0 Å². The highest BCUT2D eigenvalue weighted by molar-refractivity contribution is 4.81. The topological polar surface area (TPSA) is 24.5 Å². The summed E-state index contributed by atoms with van der Waals surface area (Å²) in [5, 5.41) is 3.28. The number of methoxy groups -OCH3 is 1. The van der Waals surface area contributed by atoms with E-state index < -0.39 is 0 Å². The molecule has 1 rings (SSSR count). The van der Waals surface area contributed by atoms with Gasteiger partial charge in [-0.25, -0.2) is 0 Å². The molecule has 3 nitrogen and oxygen atoms in total. The number of ether oxygens (including phenoxy) is 1. The maximum absolute atomic E-state index is 5.17. The molecule has 1 atom stereocenters. The maximum atomic E-state index is 5.17. The smallest absolute Gasteiger partial charge is 0.0467 e. The van der Waals surface area contributed by atoms with Gasteiger partial charge in [0.2, 0.25) is 0 Å². The van der Waals surface area contributed by atoms with Gasteiger partial charge in [-0.15, -0.1) is 0 Å². The fourth-order valence-electron chi connectivity index (χ4n) is 2.57. The first-order chi connectivity index (χ1) is 7.57. The van der Waals surface area contributed by atoms with E-state index in [0.29, 0.717) is 5.41 Å². The molecule has 1 unspecified atom stereocenters. The van der Waals surface area contributed by atoms with E-state index in [1.807, 2.05) is 7.05 Å². The highest BCUT2D eigenvalue weighted by Crippen LogP contribution is 2.25. The first-order valence-corrected chi connectivity index (χ1v) is 6.43. The zero-order valence-corrected chi connectivity index (χ0v) is 11.4. The molecule has 3 heteroatoms. The van der Waals surface area contributed by atoms with Crippen molar-refractivity contribution in [3.63, 3.8) is 0 Å².